The second kappa shape index (κ2) is 7.93. The number of rotatable bonds is 4. The van der Waals surface area contributed by atoms with Crippen molar-refractivity contribution in [1.82, 2.24) is 9.97 Å². The van der Waals surface area contributed by atoms with E-state index in [-0.39, 0.29) is 7.48 Å². The molecule has 0 fully saturated rings. The minimum absolute atomic E-state index is 0.0294. The zero-order chi connectivity index (χ0) is 20.3. The second-order valence-electron chi connectivity index (χ2n) is 7.25. The highest BCUT2D eigenvalue weighted by Gasteiger charge is 2.11. The van der Waals surface area contributed by atoms with Gasteiger partial charge >= 0.3 is 7.48 Å². The van der Waals surface area contributed by atoms with Crippen LogP contribution in [0.2, 0.25) is 0 Å². The summed E-state index contributed by atoms with van der Waals surface area (Å²) in [5.74, 6) is 0.698. The molecule has 0 unspecified atom stereocenters. The van der Waals surface area contributed by atoms with Gasteiger partial charge in [0, 0.05) is 16.7 Å². The average Bonchev–Trinajstić information content (AvgIpc) is 2.84. The average molecular weight is 386 g/mol. The van der Waals surface area contributed by atoms with Crippen LogP contribution in [0.5, 0.6) is 0 Å². The topological polar surface area (TPSA) is 46.0 Å². The van der Waals surface area contributed by atoms with Crippen molar-refractivity contribution in [1.29, 1.82) is 0 Å². The lowest BCUT2D eigenvalue weighted by Gasteiger charge is -2.10. The molecule has 5 aromatic rings. The van der Waals surface area contributed by atoms with Crippen molar-refractivity contribution < 1.29 is 5.02 Å². The Bertz CT molecular complexity index is 1320. The molecule has 1 N–H and O–H groups in total. The van der Waals surface area contributed by atoms with Gasteiger partial charge in [0.05, 0.1) is 11.4 Å². The maximum absolute atomic E-state index is 9.35. The molecule has 0 saturated carbocycles. The van der Waals surface area contributed by atoms with Gasteiger partial charge in [0.1, 0.15) is 0 Å². The molecule has 0 radical (unpaired) electrons. The number of hydrogen-bond acceptors (Lipinski definition) is 3. The molecule has 0 spiro atoms. The van der Waals surface area contributed by atoms with Gasteiger partial charge in [-0.2, -0.15) is 0 Å². The number of aromatic nitrogens is 2. The normalized spacial score (nSPS) is 10.8. The maximum atomic E-state index is 9.35. The van der Waals surface area contributed by atoms with E-state index >= 15 is 0 Å². The lowest BCUT2D eigenvalue weighted by atomic mass is 9.88. The Balaban J connectivity index is 1.68. The highest BCUT2D eigenvalue weighted by atomic mass is 16.2. The quantitative estimate of drug-likeness (QED) is 0.459. The van der Waals surface area contributed by atoms with Crippen LogP contribution in [0.1, 0.15) is 0 Å². The van der Waals surface area contributed by atoms with E-state index in [0.29, 0.717) is 5.82 Å². The summed E-state index contributed by atoms with van der Waals surface area (Å²) in [5, 5.41) is 11.7. The van der Waals surface area contributed by atoms with E-state index in [4.69, 9.17) is 9.97 Å². The molecule has 30 heavy (non-hydrogen) atoms. The van der Waals surface area contributed by atoms with Crippen molar-refractivity contribution in [3.05, 3.63) is 103 Å². The molecule has 142 valence electrons. The molecule has 4 aromatic carbocycles. The van der Waals surface area contributed by atoms with Gasteiger partial charge in [-0.3, -0.25) is 0 Å². The summed E-state index contributed by atoms with van der Waals surface area (Å²) >= 11 is 0. The van der Waals surface area contributed by atoms with Crippen molar-refractivity contribution >= 4 is 23.7 Å². The first-order valence-corrected chi connectivity index (χ1v) is 9.94. The molecule has 1 aromatic heterocycles. The summed E-state index contributed by atoms with van der Waals surface area (Å²) in [6, 6.07) is 34.6. The Hall–Kier alpha value is -3.76. The standard InChI is InChI=1S/C26H19BN2O/c30-27-23-14-12-20(13-15-23)25-17-24(19-7-2-1-3-8-19)28-26(29-25)22-11-10-18-6-4-5-9-21(18)16-22/h1-17,27,30H. The first-order valence-electron chi connectivity index (χ1n) is 9.94. The van der Waals surface area contributed by atoms with Crippen LogP contribution in [0.4, 0.5) is 0 Å². The summed E-state index contributed by atoms with van der Waals surface area (Å²) in [4.78, 5) is 9.78. The fraction of sp³-hybridized carbons (Fsp3) is 0. The fourth-order valence-electron chi connectivity index (χ4n) is 3.59. The first-order chi connectivity index (χ1) is 14.8. The Morgan fingerprint density at radius 2 is 1.13 bits per heavy atom. The smallest absolute Gasteiger partial charge is 0.304 e. The predicted octanol–water partition coefficient (Wildman–Crippen LogP) is 4.60. The van der Waals surface area contributed by atoms with E-state index < -0.39 is 0 Å². The Morgan fingerprint density at radius 1 is 0.533 bits per heavy atom. The van der Waals surface area contributed by atoms with Crippen LogP contribution in [0.15, 0.2) is 103 Å². The van der Waals surface area contributed by atoms with Gasteiger partial charge in [0.2, 0.25) is 0 Å². The van der Waals surface area contributed by atoms with Crippen LogP contribution in [0, 0.1) is 0 Å². The van der Waals surface area contributed by atoms with Gasteiger partial charge in [0.15, 0.2) is 5.82 Å². The minimum Gasteiger partial charge on any atom is -0.449 e. The SMILES string of the molecule is OBc1ccc(-c2cc(-c3ccccc3)nc(-c3ccc4ccccc4c3)n2)cc1. The number of fused-ring (bicyclic) bond motifs is 1. The number of nitrogens with zero attached hydrogens (tertiary/aromatic N) is 2. The van der Waals surface area contributed by atoms with Crippen LogP contribution < -0.4 is 5.46 Å². The van der Waals surface area contributed by atoms with Gasteiger partial charge in [-0.05, 0) is 22.9 Å². The van der Waals surface area contributed by atoms with E-state index in [1.54, 1.807) is 0 Å². The van der Waals surface area contributed by atoms with E-state index in [0.717, 1.165) is 38.9 Å². The summed E-state index contributed by atoms with van der Waals surface area (Å²) in [6.07, 6.45) is 0. The third-order valence-electron chi connectivity index (χ3n) is 5.24. The zero-order valence-electron chi connectivity index (χ0n) is 16.4. The minimum atomic E-state index is 0.0294. The molecule has 5 rings (SSSR count). The van der Waals surface area contributed by atoms with E-state index in [9.17, 15) is 5.02 Å². The van der Waals surface area contributed by atoms with Gasteiger partial charge in [0.25, 0.3) is 0 Å². The molecule has 0 atom stereocenters. The summed E-state index contributed by atoms with van der Waals surface area (Å²) in [6.45, 7) is 0. The molecular weight excluding hydrogens is 367 g/mol. The lowest BCUT2D eigenvalue weighted by molar-refractivity contribution is 0.615. The molecule has 0 aliphatic carbocycles. The van der Waals surface area contributed by atoms with Crippen LogP contribution in [-0.2, 0) is 0 Å². The van der Waals surface area contributed by atoms with Crippen molar-refractivity contribution in [2.24, 2.45) is 0 Å². The third kappa shape index (κ3) is 3.61. The molecule has 0 aliphatic heterocycles. The third-order valence-corrected chi connectivity index (χ3v) is 5.24. The monoisotopic (exact) mass is 386 g/mol. The van der Waals surface area contributed by atoms with Crippen molar-refractivity contribution in [2.45, 2.75) is 0 Å². The summed E-state index contributed by atoms with van der Waals surface area (Å²) in [7, 11) is 0.0294. The molecular formula is C26H19BN2O. The molecule has 0 saturated heterocycles. The first kappa shape index (κ1) is 18.3. The Kier molecular flexibility index (Phi) is 4.84. The fourth-order valence-corrected chi connectivity index (χ4v) is 3.59. The van der Waals surface area contributed by atoms with E-state index in [1.807, 2.05) is 60.7 Å². The maximum Gasteiger partial charge on any atom is 0.304 e. The van der Waals surface area contributed by atoms with Gasteiger partial charge in [-0.1, -0.05) is 96.5 Å². The molecule has 0 aliphatic rings. The Morgan fingerprint density at radius 3 is 1.83 bits per heavy atom. The van der Waals surface area contributed by atoms with E-state index in [2.05, 4.69) is 42.5 Å². The van der Waals surface area contributed by atoms with Crippen molar-refractivity contribution in [2.75, 3.05) is 0 Å². The lowest BCUT2D eigenvalue weighted by Crippen LogP contribution is -2.12. The molecule has 0 amide bonds. The van der Waals surface area contributed by atoms with Gasteiger partial charge in [-0.25, -0.2) is 9.97 Å². The molecule has 4 heteroatoms. The molecule has 3 nitrogen and oxygen atoms in total. The largest absolute Gasteiger partial charge is 0.449 e. The van der Waals surface area contributed by atoms with Crippen LogP contribution >= 0.6 is 0 Å². The second-order valence-corrected chi connectivity index (χ2v) is 7.25. The Labute approximate surface area is 176 Å². The highest BCUT2D eigenvalue weighted by molar-refractivity contribution is 6.45. The van der Waals surface area contributed by atoms with Crippen molar-refractivity contribution in [3.8, 4) is 33.9 Å². The van der Waals surface area contributed by atoms with Crippen LogP contribution in [0.3, 0.4) is 0 Å². The number of hydrogen-bond donors (Lipinski definition) is 1. The van der Waals surface area contributed by atoms with Gasteiger partial charge < -0.3 is 5.02 Å². The summed E-state index contributed by atoms with van der Waals surface area (Å²) < 4.78 is 0. The summed E-state index contributed by atoms with van der Waals surface area (Å²) in [5.41, 5.74) is 5.65. The molecule has 0 bridgehead atoms. The van der Waals surface area contributed by atoms with Crippen LogP contribution in [0.25, 0.3) is 44.7 Å². The van der Waals surface area contributed by atoms with E-state index in [1.165, 1.54) is 5.39 Å². The highest BCUT2D eigenvalue weighted by Crippen LogP contribution is 2.28. The molecule has 1 heterocycles. The number of benzene rings is 4. The van der Waals surface area contributed by atoms with Crippen LogP contribution in [-0.4, -0.2) is 22.5 Å². The predicted molar refractivity (Wildman–Crippen MR) is 125 cm³/mol. The zero-order valence-corrected chi connectivity index (χ0v) is 16.4. The van der Waals surface area contributed by atoms with Gasteiger partial charge in [-0.15, -0.1) is 0 Å². The van der Waals surface area contributed by atoms with Crippen molar-refractivity contribution in [3.63, 3.8) is 0 Å².